The largest absolute Gasteiger partial charge is 0.317 e. The van der Waals surface area contributed by atoms with Crippen molar-refractivity contribution >= 4 is 20.8 Å². The third-order valence-corrected chi connectivity index (χ3v) is 6.44. The number of hydrogen-bond acceptors (Lipinski definition) is 3. The van der Waals surface area contributed by atoms with Gasteiger partial charge in [0, 0.05) is 12.6 Å². The minimum Gasteiger partial charge on any atom is -0.317 e. The fourth-order valence-electron chi connectivity index (χ4n) is 3.28. The van der Waals surface area contributed by atoms with E-state index in [1.165, 1.54) is 0 Å². The Kier molecular flexibility index (Phi) is 4.99. The molecule has 23 heavy (non-hydrogen) atoms. The van der Waals surface area contributed by atoms with Crippen LogP contribution in [0, 0.1) is 0 Å². The van der Waals surface area contributed by atoms with Crippen molar-refractivity contribution in [2.24, 2.45) is 0 Å². The van der Waals surface area contributed by atoms with Crippen LogP contribution in [0.25, 0.3) is 10.8 Å². The maximum Gasteiger partial charge on any atom is 0.243 e. The Balaban J connectivity index is 1.98. The summed E-state index contributed by atoms with van der Waals surface area (Å²) in [5.74, 6) is 0. The summed E-state index contributed by atoms with van der Waals surface area (Å²) in [5.41, 5.74) is 0. The van der Waals surface area contributed by atoms with E-state index in [4.69, 9.17) is 0 Å². The van der Waals surface area contributed by atoms with Gasteiger partial charge in [0.25, 0.3) is 0 Å². The number of nitrogens with one attached hydrogen (secondary N) is 1. The number of hydrogen-bond donors (Lipinski definition) is 1. The number of fused-ring (bicyclic) bond motifs is 1. The first-order chi connectivity index (χ1) is 11.1. The van der Waals surface area contributed by atoms with Crippen LogP contribution in [0.3, 0.4) is 0 Å². The highest BCUT2D eigenvalue weighted by molar-refractivity contribution is 7.89. The van der Waals surface area contributed by atoms with Crippen LogP contribution in [-0.4, -0.2) is 38.4 Å². The lowest BCUT2D eigenvalue weighted by Crippen LogP contribution is -2.46. The standard InChI is InChI=1S/C18H24N2O2S/c1-2-13-20(17-9-11-19-12-10-17)23(21,22)18-8-7-15-5-3-4-6-16(15)14-18/h3-8,14,17,19H,2,9-13H2,1H3. The molecule has 0 amide bonds. The summed E-state index contributed by atoms with van der Waals surface area (Å²) in [4.78, 5) is 0.406. The zero-order valence-electron chi connectivity index (χ0n) is 13.5. The molecule has 124 valence electrons. The molecule has 1 fully saturated rings. The molecule has 1 aliphatic rings. The van der Waals surface area contributed by atoms with Crippen LogP contribution < -0.4 is 5.32 Å². The minimum atomic E-state index is -3.45. The Morgan fingerprint density at radius 3 is 2.48 bits per heavy atom. The highest BCUT2D eigenvalue weighted by Crippen LogP contribution is 2.25. The lowest BCUT2D eigenvalue weighted by molar-refractivity contribution is 0.262. The fraction of sp³-hybridized carbons (Fsp3) is 0.444. The molecule has 3 rings (SSSR count). The average Bonchev–Trinajstić information content (AvgIpc) is 2.60. The molecule has 1 heterocycles. The van der Waals surface area contributed by atoms with Gasteiger partial charge < -0.3 is 5.32 Å². The molecule has 0 aromatic heterocycles. The maximum atomic E-state index is 13.2. The normalized spacial score (nSPS) is 17.0. The second-order valence-electron chi connectivity index (χ2n) is 6.11. The summed E-state index contributed by atoms with van der Waals surface area (Å²) in [6.45, 7) is 4.39. The summed E-state index contributed by atoms with van der Waals surface area (Å²) in [6, 6.07) is 13.4. The van der Waals surface area contributed by atoms with Gasteiger partial charge in [-0.15, -0.1) is 0 Å². The predicted octanol–water partition coefficient (Wildman–Crippen LogP) is 2.99. The van der Waals surface area contributed by atoms with Crippen LogP contribution >= 0.6 is 0 Å². The second kappa shape index (κ2) is 6.99. The quantitative estimate of drug-likeness (QED) is 0.916. The van der Waals surface area contributed by atoms with Gasteiger partial charge in [0.2, 0.25) is 10.0 Å². The van der Waals surface area contributed by atoms with Crippen LogP contribution in [-0.2, 0) is 10.0 Å². The topological polar surface area (TPSA) is 49.4 Å². The molecular formula is C18H24N2O2S. The van der Waals surface area contributed by atoms with Gasteiger partial charge in [-0.05, 0) is 55.3 Å². The Bertz CT molecular complexity index is 767. The molecule has 0 atom stereocenters. The molecule has 0 spiro atoms. The summed E-state index contributed by atoms with van der Waals surface area (Å²) < 4.78 is 28.1. The average molecular weight is 332 g/mol. The number of sulfonamides is 1. The van der Waals surface area contributed by atoms with Crippen LogP contribution in [0.5, 0.6) is 0 Å². The molecule has 2 aromatic rings. The summed E-state index contributed by atoms with van der Waals surface area (Å²) in [5, 5.41) is 5.34. The molecule has 0 saturated carbocycles. The van der Waals surface area contributed by atoms with Crippen LogP contribution in [0.15, 0.2) is 47.4 Å². The molecule has 0 bridgehead atoms. The van der Waals surface area contributed by atoms with Gasteiger partial charge in [-0.25, -0.2) is 8.42 Å². The van der Waals surface area contributed by atoms with Gasteiger partial charge in [-0.3, -0.25) is 0 Å². The fourth-order valence-corrected chi connectivity index (χ4v) is 5.09. The molecular weight excluding hydrogens is 308 g/mol. The SMILES string of the molecule is CCCN(C1CCNCC1)S(=O)(=O)c1ccc2ccccc2c1. The summed E-state index contributed by atoms with van der Waals surface area (Å²) in [6.07, 6.45) is 2.59. The lowest BCUT2D eigenvalue weighted by atomic mass is 10.1. The number of piperidine rings is 1. The molecule has 1 saturated heterocycles. The van der Waals surface area contributed by atoms with E-state index in [-0.39, 0.29) is 6.04 Å². The van der Waals surface area contributed by atoms with E-state index >= 15 is 0 Å². The zero-order valence-corrected chi connectivity index (χ0v) is 14.3. The predicted molar refractivity (Wildman–Crippen MR) is 94.0 cm³/mol. The van der Waals surface area contributed by atoms with Crippen molar-refractivity contribution in [1.29, 1.82) is 0 Å². The van der Waals surface area contributed by atoms with Gasteiger partial charge in [0.05, 0.1) is 4.90 Å². The smallest absolute Gasteiger partial charge is 0.243 e. The Labute approximate surface area is 138 Å². The van der Waals surface area contributed by atoms with E-state index in [1.54, 1.807) is 16.4 Å². The van der Waals surface area contributed by atoms with E-state index < -0.39 is 10.0 Å². The van der Waals surface area contributed by atoms with Gasteiger partial charge in [0.1, 0.15) is 0 Å². The van der Waals surface area contributed by atoms with Crippen LogP contribution in [0.1, 0.15) is 26.2 Å². The van der Waals surface area contributed by atoms with Crippen LogP contribution in [0.4, 0.5) is 0 Å². The monoisotopic (exact) mass is 332 g/mol. The second-order valence-corrected chi connectivity index (χ2v) is 8.00. The molecule has 1 aliphatic heterocycles. The first kappa shape index (κ1) is 16.4. The summed E-state index contributed by atoms with van der Waals surface area (Å²) >= 11 is 0. The minimum absolute atomic E-state index is 0.104. The molecule has 1 N–H and O–H groups in total. The van der Waals surface area contributed by atoms with E-state index in [0.29, 0.717) is 11.4 Å². The third kappa shape index (κ3) is 3.42. The molecule has 0 radical (unpaired) electrons. The van der Waals surface area contributed by atoms with E-state index in [0.717, 1.165) is 43.1 Å². The van der Waals surface area contributed by atoms with Crippen LogP contribution in [0.2, 0.25) is 0 Å². The summed E-state index contributed by atoms with van der Waals surface area (Å²) in [7, 11) is -3.45. The molecule has 4 nitrogen and oxygen atoms in total. The van der Waals surface area contributed by atoms with Crippen molar-refractivity contribution in [3.8, 4) is 0 Å². The van der Waals surface area contributed by atoms with E-state index in [9.17, 15) is 8.42 Å². The van der Waals surface area contributed by atoms with Crippen molar-refractivity contribution in [1.82, 2.24) is 9.62 Å². The first-order valence-electron chi connectivity index (χ1n) is 8.34. The van der Waals surface area contributed by atoms with Crippen molar-refractivity contribution in [2.45, 2.75) is 37.1 Å². The molecule has 2 aromatic carbocycles. The molecule has 0 unspecified atom stereocenters. The Hall–Kier alpha value is -1.43. The zero-order chi connectivity index (χ0) is 16.3. The van der Waals surface area contributed by atoms with Gasteiger partial charge >= 0.3 is 0 Å². The number of benzene rings is 2. The number of rotatable bonds is 5. The van der Waals surface area contributed by atoms with Crippen molar-refractivity contribution in [3.63, 3.8) is 0 Å². The maximum absolute atomic E-state index is 13.2. The van der Waals surface area contributed by atoms with E-state index in [2.05, 4.69) is 5.32 Å². The molecule has 5 heteroatoms. The third-order valence-electron chi connectivity index (χ3n) is 4.49. The first-order valence-corrected chi connectivity index (χ1v) is 9.78. The van der Waals surface area contributed by atoms with Gasteiger partial charge in [-0.2, -0.15) is 4.31 Å². The van der Waals surface area contributed by atoms with Gasteiger partial charge in [0.15, 0.2) is 0 Å². The van der Waals surface area contributed by atoms with E-state index in [1.807, 2.05) is 37.3 Å². The highest BCUT2D eigenvalue weighted by atomic mass is 32.2. The lowest BCUT2D eigenvalue weighted by Gasteiger charge is -2.33. The van der Waals surface area contributed by atoms with Crippen molar-refractivity contribution < 1.29 is 8.42 Å². The Morgan fingerprint density at radius 2 is 1.78 bits per heavy atom. The highest BCUT2D eigenvalue weighted by Gasteiger charge is 2.31. The molecule has 0 aliphatic carbocycles. The van der Waals surface area contributed by atoms with Gasteiger partial charge in [-0.1, -0.05) is 37.3 Å². The Morgan fingerprint density at radius 1 is 1.09 bits per heavy atom. The number of nitrogens with zero attached hydrogens (tertiary/aromatic N) is 1. The van der Waals surface area contributed by atoms with Crippen molar-refractivity contribution in [3.05, 3.63) is 42.5 Å². The van der Waals surface area contributed by atoms with Crippen molar-refractivity contribution in [2.75, 3.05) is 19.6 Å².